The van der Waals surface area contributed by atoms with Gasteiger partial charge in [-0.1, -0.05) is 0 Å². The number of Topliss-reactive ketones (excluding diaryl/α,β-unsaturated/α-hetero) is 1. The molecule has 140 valence electrons. The quantitative estimate of drug-likeness (QED) is 0.732. The maximum atomic E-state index is 12.6. The van der Waals surface area contributed by atoms with Crippen molar-refractivity contribution in [2.75, 3.05) is 19.8 Å². The SMILES string of the molecule is Cc1nnc(CC(=O)c2cc(C3CC3NCC3CCOCC3)c(C)s2)s1. The van der Waals surface area contributed by atoms with E-state index in [2.05, 4.69) is 28.5 Å². The summed E-state index contributed by atoms with van der Waals surface area (Å²) in [6, 6.07) is 2.69. The minimum atomic E-state index is 0.160. The number of rotatable bonds is 7. The van der Waals surface area contributed by atoms with Crippen molar-refractivity contribution in [3.8, 4) is 0 Å². The average Bonchev–Trinajstić information content (AvgIpc) is 3.12. The van der Waals surface area contributed by atoms with E-state index >= 15 is 0 Å². The molecule has 2 unspecified atom stereocenters. The van der Waals surface area contributed by atoms with E-state index in [0.29, 0.717) is 18.4 Å². The highest BCUT2D eigenvalue weighted by Gasteiger charge is 2.40. The van der Waals surface area contributed by atoms with Crippen LogP contribution < -0.4 is 5.32 Å². The van der Waals surface area contributed by atoms with Crippen LogP contribution in [-0.2, 0) is 11.2 Å². The summed E-state index contributed by atoms with van der Waals surface area (Å²) in [7, 11) is 0. The molecule has 1 aliphatic heterocycles. The molecule has 3 heterocycles. The van der Waals surface area contributed by atoms with Crippen molar-refractivity contribution in [3.05, 3.63) is 31.4 Å². The predicted molar refractivity (Wildman–Crippen MR) is 104 cm³/mol. The van der Waals surface area contributed by atoms with Crippen molar-refractivity contribution in [1.82, 2.24) is 15.5 Å². The standard InChI is InChI=1S/C19H25N3O2S2/c1-11-14(15-7-16(15)20-10-13-3-5-24-6-4-13)8-18(25-11)17(23)9-19-22-21-12(2)26-19/h8,13,15-16,20H,3-7,9-10H2,1-2H3. The van der Waals surface area contributed by atoms with Crippen molar-refractivity contribution < 1.29 is 9.53 Å². The molecule has 0 aromatic carbocycles. The summed E-state index contributed by atoms with van der Waals surface area (Å²) in [5.41, 5.74) is 1.36. The number of hydrogen-bond acceptors (Lipinski definition) is 7. The van der Waals surface area contributed by atoms with Gasteiger partial charge in [0.05, 0.1) is 11.3 Å². The molecule has 1 N–H and O–H groups in total. The fourth-order valence-electron chi connectivity index (χ4n) is 3.67. The van der Waals surface area contributed by atoms with Gasteiger partial charge in [-0.2, -0.15) is 0 Å². The van der Waals surface area contributed by atoms with Crippen LogP contribution in [0.3, 0.4) is 0 Å². The summed E-state index contributed by atoms with van der Waals surface area (Å²) >= 11 is 3.13. The van der Waals surface area contributed by atoms with Crippen LogP contribution in [-0.4, -0.2) is 41.8 Å². The van der Waals surface area contributed by atoms with Crippen LogP contribution in [0, 0.1) is 19.8 Å². The van der Waals surface area contributed by atoms with E-state index in [4.69, 9.17) is 4.74 Å². The third kappa shape index (κ3) is 4.22. The Bertz CT molecular complexity index is 780. The first-order valence-corrected chi connectivity index (χ1v) is 11.0. The molecule has 4 rings (SSSR count). The van der Waals surface area contributed by atoms with Crippen LogP contribution in [0.5, 0.6) is 0 Å². The van der Waals surface area contributed by atoms with Gasteiger partial charge in [0.15, 0.2) is 5.78 Å². The first-order valence-electron chi connectivity index (χ1n) is 9.34. The van der Waals surface area contributed by atoms with Gasteiger partial charge in [0.2, 0.25) is 0 Å². The number of carbonyl (C=O) groups excluding carboxylic acids is 1. The summed E-state index contributed by atoms with van der Waals surface area (Å²) in [4.78, 5) is 14.7. The van der Waals surface area contributed by atoms with Gasteiger partial charge in [-0.05, 0) is 57.2 Å². The van der Waals surface area contributed by atoms with Crippen LogP contribution in [0.2, 0.25) is 0 Å². The van der Waals surface area contributed by atoms with Crippen molar-refractivity contribution in [1.29, 1.82) is 0 Å². The van der Waals surface area contributed by atoms with E-state index in [9.17, 15) is 4.79 Å². The number of carbonyl (C=O) groups is 1. The summed E-state index contributed by atoms with van der Waals surface area (Å²) in [6.45, 7) is 6.96. The summed E-state index contributed by atoms with van der Waals surface area (Å²) in [6.07, 6.45) is 3.89. The second-order valence-electron chi connectivity index (χ2n) is 7.35. The first kappa shape index (κ1) is 18.2. The van der Waals surface area contributed by atoms with Crippen molar-refractivity contribution in [2.24, 2.45) is 5.92 Å². The smallest absolute Gasteiger partial charge is 0.179 e. The molecule has 1 aliphatic carbocycles. The highest BCUT2D eigenvalue weighted by molar-refractivity contribution is 7.14. The Labute approximate surface area is 162 Å². The molecule has 0 bridgehead atoms. The number of thiophene rings is 1. The van der Waals surface area contributed by atoms with E-state index in [1.54, 1.807) is 11.3 Å². The van der Waals surface area contributed by atoms with Gasteiger partial charge in [0.25, 0.3) is 0 Å². The molecule has 2 aromatic rings. The van der Waals surface area contributed by atoms with Crippen LogP contribution in [0.4, 0.5) is 0 Å². The van der Waals surface area contributed by atoms with Crippen LogP contribution >= 0.6 is 22.7 Å². The maximum absolute atomic E-state index is 12.6. The highest BCUT2D eigenvalue weighted by atomic mass is 32.1. The molecule has 7 heteroatoms. The second kappa shape index (κ2) is 7.84. The summed E-state index contributed by atoms with van der Waals surface area (Å²) in [5, 5.41) is 13.5. The number of aryl methyl sites for hydroxylation is 2. The van der Waals surface area contributed by atoms with Crippen molar-refractivity contribution in [2.45, 2.75) is 51.5 Å². The molecule has 5 nitrogen and oxygen atoms in total. The fourth-order valence-corrected chi connectivity index (χ4v) is 5.41. The van der Waals surface area contributed by atoms with Crippen molar-refractivity contribution in [3.63, 3.8) is 0 Å². The molecule has 0 amide bonds. The molecule has 2 fully saturated rings. The Morgan fingerprint density at radius 2 is 2.08 bits per heavy atom. The summed E-state index contributed by atoms with van der Waals surface area (Å²) < 4.78 is 5.43. The van der Waals surface area contributed by atoms with Crippen molar-refractivity contribution >= 4 is 28.5 Å². The average molecular weight is 392 g/mol. The molecule has 2 aromatic heterocycles. The third-order valence-corrected chi connectivity index (χ3v) is 7.26. The zero-order valence-electron chi connectivity index (χ0n) is 15.3. The van der Waals surface area contributed by atoms with E-state index in [1.807, 2.05) is 6.92 Å². The number of hydrogen-bond donors (Lipinski definition) is 1. The zero-order valence-corrected chi connectivity index (χ0v) is 16.9. The second-order valence-corrected chi connectivity index (χ2v) is 9.87. The molecule has 1 saturated heterocycles. The number of aromatic nitrogens is 2. The lowest BCUT2D eigenvalue weighted by atomic mass is 10.0. The molecule has 1 saturated carbocycles. The zero-order chi connectivity index (χ0) is 18.1. The van der Waals surface area contributed by atoms with Gasteiger partial charge in [0, 0.05) is 30.1 Å². The minimum Gasteiger partial charge on any atom is -0.381 e. The lowest BCUT2D eigenvalue weighted by Crippen LogP contribution is -2.29. The Balaban J connectivity index is 1.33. The largest absolute Gasteiger partial charge is 0.381 e. The molecular weight excluding hydrogens is 366 g/mol. The summed E-state index contributed by atoms with van der Waals surface area (Å²) in [5.74, 6) is 1.48. The van der Waals surface area contributed by atoms with Gasteiger partial charge >= 0.3 is 0 Å². The third-order valence-electron chi connectivity index (χ3n) is 5.31. The first-order chi connectivity index (χ1) is 12.6. The lowest BCUT2D eigenvalue weighted by Gasteiger charge is -2.22. The molecule has 2 aliphatic rings. The fraction of sp³-hybridized carbons (Fsp3) is 0.632. The Morgan fingerprint density at radius 1 is 1.27 bits per heavy atom. The Kier molecular flexibility index (Phi) is 5.50. The molecule has 0 spiro atoms. The monoisotopic (exact) mass is 391 g/mol. The number of ketones is 1. The number of nitrogens with zero attached hydrogens (tertiary/aromatic N) is 2. The van der Waals surface area contributed by atoms with E-state index in [1.165, 1.54) is 41.0 Å². The topological polar surface area (TPSA) is 64.1 Å². The number of ether oxygens (including phenoxy) is 1. The van der Waals surface area contributed by atoms with Gasteiger partial charge in [-0.25, -0.2) is 0 Å². The van der Waals surface area contributed by atoms with Gasteiger partial charge in [0.1, 0.15) is 10.0 Å². The predicted octanol–water partition coefficient (Wildman–Crippen LogP) is 3.51. The Morgan fingerprint density at radius 3 is 2.81 bits per heavy atom. The highest BCUT2D eigenvalue weighted by Crippen LogP contribution is 2.45. The molecule has 0 radical (unpaired) electrons. The van der Waals surface area contributed by atoms with Crippen LogP contribution in [0.15, 0.2) is 6.07 Å². The number of nitrogens with one attached hydrogen (secondary N) is 1. The van der Waals surface area contributed by atoms with Gasteiger partial charge in [-0.3, -0.25) is 4.79 Å². The normalized spacial score (nSPS) is 23.3. The van der Waals surface area contributed by atoms with E-state index in [0.717, 1.165) is 40.6 Å². The van der Waals surface area contributed by atoms with E-state index in [-0.39, 0.29) is 5.78 Å². The van der Waals surface area contributed by atoms with E-state index < -0.39 is 0 Å². The maximum Gasteiger partial charge on any atom is 0.179 e. The molecule has 2 atom stereocenters. The molecule has 26 heavy (non-hydrogen) atoms. The van der Waals surface area contributed by atoms with Gasteiger partial charge in [-0.15, -0.1) is 32.9 Å². The Hall–Kier alpha value is -1.15. The minimum absolute atomic E-state index is 0.160. The lowest BCUT2D eigenvalue weighted by molar-refractivity contribution is 0.0662. The van der Waals surface area contributed by atoms with Crippen LogP contribution in [0.1, 0.15) is 55.3 Å². The molecular formula is C19H25N3O2S2. The van der Waals surface area contributed by atoms with Gasteiger partial charge < -0.3 is 10.1 Å². The van der Waals surface area contributed by atoms with Crippen LogP contribution in [0.25, 0.3) is 0 Å².